The number of carbonyl (C=O) groups excluding carboxylic acids is 2. The van der Waals surface area contributed by atoms with E-state index in [0.29, 0.717) is 0 Å². The molecule has 0 aliphatic rings. The van der Waals surface area contributed by atoms with E-state index in [2.05, 4.69) is 9.50 Å². The van der Waals surface area contributed by atoms with Crippen molar-refractivity contribution < 1.29 is 22.2 Å². The lowest BCUT2D eigenvalue weighted by Gasteiger charge is -2.24. The van der Waals surface area contributed by atoms with E-state index in [-0.39, 0.29) is 15.6 Å². The molecule has 0 aliphatic heterocycles. The SMILES string of the molecule is CC(C)(NC(=O)c1cc(Cl)cc(Cl)c1)C(=O)COS(C)(=O)=O. The van der Waals surface area contributed by atoms with Crippen LogP contribution in [0.1, 0.15) is 24.2 Å². The van der Waals surface area contributed by atoms with Crippen LogP contribution in [-0.2, 0) is 19.1 Å². The summed E-state index contributed by atoms with van der Waals surface area (Å²) in [5.74, 6) is -1.17. The van der Waals surface area contributed by atoms with Gasteiger partial charge in [0.2, 0.25) is 0 Å². The zero-order chi connectivity index (χ0) is 17.1. The van der Waals surface area contributed by atoms with Crippen LogP contribution < -0.4 is 5.32 Å². The summed E-state index contributed by atoms with van der Waals surface area (Å²) in [5.41, 5.74) is -1.14. The Morgan fingerprint density at radius 1 is 1.18 bits per heavy atom. The van der Waals surface area contributed by atoms with Crippen LogP contribution in [0.5, 0.6) is 0 Å². The zero-order valence-corrected chi connectivity index (χ0v) is 14.5. The summed E-state index contributed by atoms with van der Waals surface area (Å²) in [6.07, 6.45) is 0.833. The van der Waals surface area contributed by atoms with Gasteiger partial charge in [-0.1, -0.05) is 23.2 Å². The predicted octanol–water partition coefficient (Wildman–Crippen LogP) is 2.05. The molecule has 0 spiro atoms. The molecule has 6 nitrogen and oxygen atoms in total. The van der Waals surface area contributed by atoms with Crippen molar-refractivity contribution in [3.8, 4) is 0 Å². The molecule has 0 saturated heterocycles. The number of ketones is 1. The fourth-order valence-electron chi connectivity index (χ4n) is 1.45. The molecule has 0 fully saturated rings. The summed E-state index contributed by atoms with van der Waals surface area (Å²) in [6.45, 7) is 2.21. The second-order valence-electron chi connectivity index (χ2n) is 5.13. The van der Waals surface area contributed by atoms with E-state index in [1.807, 2.05) is 0 Å². The van der Waals surface area contributed by atoms with Gasteiger partial charge in [0.15, 0.2) is 5.78 Å². The lowest BCUT2D eigenvalue weighted by atomic mass is 9.99. The summed E-state index contributed by atoms with van der Waals surface area (Å²) in [7, 11) is -3.74. The fourth-order valence-corrected chi connectivity index (χ4v) is 2.30. The second kappa shape index (κ2) is 6.95. The van der Waals surface area contributed by atoms with Gasteiger partial charge in [-0.05, 0) is 32.0 Å². The maximum atomic E-state index is 12.1. The topological polar surface area (TPSA) is 89.5 Å². The Bertz CT molecular complexity index is 680. The number of benzene rings is 1. The maximum Gasteiger partial charge on any atom is 0.264 e. The smallest absolute Gasteiger partial charge is 0.264 e. The van der Waals surface area contributed by atoms with Gasteiger partial charge in [-0.15, -0.1) is 0 Å². The van der Waals surface area contributed by atoms with Crippen molar-refractivity contribution in [2.24, 2.45) is 0 Å². The van der Waals surface area contributed by atoms with Crippen LogP contribution in [0, 0.1) is 0 Å². The van der Waals surface area contributed by atoms with Crippen LogP contribution in [0.2, 0.25) is 10.0 Å². The number of rotatable bonds is 6. The molecule has 1 aromatic carbocycles. The van der Waals surface area contributed by atoms with Gasteiger partial charge < -0.3 is 5.32 Å². The Balaban J connectivity index is 2.82. The average molecular weight is 368 g/mol. The number of hydrogen-bond acceptors (Lipinski definition) is 5. The summed E-state index contributed by atoms with van der Waals surface area (Å²) < 4.78 is 26.2. The highest BCUT2D eigenvalue weighted by Crippen LogP contribution is 2.19. The Morgan fingerprint density at radius 2 is 1.68 bits per heavy atom. The molecule has 0 heterocycles. The van der Waals surface area contributed by atoms with E-state index in [1.54, 1.807) is 0 Å². The minimum absolute atomic E-state index is 0.183. The van der Waals surface area contributed by atoms with E-state index in [4.69, 9.17) is 23.2 Å². The highest BCUT2D eigenvalue weighted by atomic mass is 35.5. The van der Waals surface area contributed by atoms with Crippen molar-refractivity contribution in [1.82, 2.24) is 5.32 Å². The van der Waals surface area contributed by atoms with Gasteiger partial charge in [-0.3, -0.25) is 13.8 Å². The van der Waals surface area contributed by atoms with Crippen LogP contribution in [0.3, 0.4) is 0 Å². The van der Waals surface area contributed by atoms with Gasteiger partial charge in [0.05, 0.1) is 11.8 Å². The Morgan fingerprint density at radius 3 is 2.14 bits per heavy atom. The molecule has 0 aliphatic carbocycles. The Kier molecular flexibility index (Phi) is 5.97. The maximum absolute atomic E-state index is 12.1. The number of hydrogen-bond donors (Lipinski definition) is 1. The summed E-state index contributed by atoms with van der Waals surface area (Å²) in [5, 5.41) is 3.04. The molecule has 122 valence electrons. The monoisotopic (exact) mass is 367 g/mol. The van der Waals surface area contributed by atoms with Crippen molar-refractivity contribution in [3.63, 3.8) is 0 Å². The largest absolute Gasteiger partial charge is 0.340 e. The number of nitrogens with one attached hydrogen (secondary N) is 1. The van der Waals surface area contributed by atoms with Crippen LogP contribution in [0.25, 0.3) is 0 Å². The van der Waals surface area contributed by atoms with Crippen molar-refractivity contribution >= 4 is 45.0 Å². The first-order valence-electron chi connectivity index (χ1n) is 6.07. The quantitative estimate of drug-likeness (QED) is 0.777. The molecule has 1 rings (SSSR count). The van der Waals surface area contributed by atoms with Crippen molar-refractivity contribution in [2.45, 2.75) is 19.4 Å². The number of amides is 1. The van der Waals surface area contributed by atoms with Gasteiger partial charge >= 0.3 is 0 Å². The number of halogens is 2. The molecule has 0 aromatic heterocycles. The molecule has 22 heavy (non-hydrogen) atoms. The lowest BCUT2D eigenvalue weighted by molar-refractivity contribution is -0.125. The molecule has 9 heteroatoms. The molecule has 0 radical (unpaired) electrons. The third-order valence-electron chi connectivity index (χ3n) is 2.65. The van der Waals surface area contributed by atoms with Gasteiger partial charge in [0.25, 0.3) is 16.0 Å². The first kappa shape index (κ1) is 18.9. The van der Waals surface area contributed by atoms with Crippen LogP contribution in [-0.4, -0.2) is 38.5 Å². The normalized spacial score (nSPS) is 12.0. The minimum Gasteiger partial charge on any atom is -0.340 e. The third kappa shape index (κ3) is 5.92. The molecular weight excluding hydrogens is 353 g/mol. The highest BCUT2D eigenvalue weighted by molar-refractivity contribution is 7.86. The second-order valence-corrected chi connectivity index (χ2v) is 7.64. The standard InChI is InChI=1S/C13H15Cl2NO5S/c1-13(2,11(17)7-21-22(3,19)20)16-12(18)8-4-9(14)6-10(15)5-8/h4-6H,7H2,1-3H3,(H,16,18). The molecule has 1 N–H and O–H groups in total. The zero-order valence-electron chi connectivity index (χ0n) is 12.1. The molecule has 0 bridgehead atoms. The fraction of sp³-hybridized carbons (Fsp3) is 0.385. The van der Waals surface area contributed by atoms with Gasteiger partial charge in [-0.2, -0.15) is 8.42 Å². The first-order chi connectivity index (χ1) is 9.90. The first-order valence-corrected chi connectivity index (χ1v) is 8.64. The van der Waals surface area contributed by atoms with Crippen molar-refractivity contribution in [1.29, 1.82) is 0 Å². The predicted molar refractivity (Wildman–Crippen MR) is 83.8 cm³/mol. The van der Waals surface area contributed by atoms with Crippen molar-refractivity contribution in [2.75, 3.05) is 12.9 Å². The summed E-state index contributed by atoms with van der Waals surface area (Å²) >= 11 is 11.6. The molecule has 1 aromatic rings. The molecular formula is C13H15Cl2NO5S. The average Bonchev–Trinajstić information content (AvgIpc) is 2.33. The van der Waals surface area contributed by atoms with Crippen LogP contribution in [0.4, 0.5) is 0 Å². The van der Waals surface area contributed by atoms with E-state index < -0.39 is 34.0 Å². The van der Waals surface area contributed by atoms with E-state index in [9.17, 15) is 18.0 Å². The molecule has 0 saturated carbocycles. The summed E-state index contributed by atoms with van der Waals surface area (Å²) in [6, 6.07) is 4.27. The molecule has 1 amide bonds. The number of Topliss-reactive ketones (excluding diaryl/α,β-unsaturated/α-hetero) is 1. The molecule has 0 unspecified atom stereocenters. The third-order valence-corrected chi connectivity index (χ3v) is 3.63. The van der Waals surface area contributed by atoms with Crippen molar-refractivity contribution in [3.05, 3.63) is 33.8 Å². The van der Waals surface area contributed by atoms with E-state index in [0.717, 1.165) is 6.26 Å². The summed E-state index contributed by atoms with van der Waals surface area (Å²) in [4.78, 5) is 24.1. The van der Waals surface area contributed by atoms with Gasteiger partial charge in [0.1, 0.15) is 6.61 Å². The van der Waals surface area contributed by atoms with Crippen LogP contribution in [0.15, 0.2) is 18.2 Å². The Labute approximate surface area is 138 Å². The van der Waals surface area contributed by atoms with E-state index >= 15 is 0 Å². The van der Waals surface area contributed by atoms with E-state index in [1.165, 1.54) is 32.0 Å². The Hall–Kier alpha value is -1.15. The van der Waals surface area contributed by atoms with Crippen LogP contribution >= 0.6 is 23.2 Å². The highest BCUT2D eigenvalue weighted by Gasteiger charge is 2.30. The molecule has 0 atom stereocenters. The minimum atomic E-state index is -3.74. The van der Waals surface area contributed by atoms with Gasteiger partial charge in [0, 0.05) is 15.6 Å². The van der Waals surface area contributed by atoms with Gasteiger partial charge in [-0.25, -0.2) is 0 Å². The lowest BCUT2D eigenvalue weighted by Crippen LogP contribution is -2.51. The number of carbonyl (C=O) groups is 2.